The number of hydrogen-bond acceptors (Lipinski definition) is 2. The van der Waals surface area contributed by atoms with E-state index >= 15 is 0 Å². The van der Waals surface area contributed by atoms with Crippen LogP contribution in [0.4, 0.5) is 0 Å². The molecule has 0 unspecified atom stereocenters. The maximum atomic E-state index is 11.8. The van der Waals surface area contributed by atoms with Crippen LogP contribution < -0.4 is 5.56 Å². The predicted octanol–water partition coefficient (Wildman–Crippen LogP) is 1.26. The summed E-state index contributed by atoms with van der Waals surface area (Å²) in [6.07, 6.45) is 5.30. The van der Waals surface area contributed by atoms with Gasteiger partial charge in [-0.15, -0.1) is 0 Å². The number of hydrogen-bond donors (Lipinski definition) is 2. The quantitative estimate of drug-likeness (QED) is 0.640. The van der Waals surface area contributed by atoms with Gasteiger partial charge in [0, 0.05) is 25.0 Å². The number of pyridine rings is 1. The molecular formula is C11H10N4O. The monoisotopic (exact) mass is 214 g/mol. The maximum absolute atomic E-state index is 11.8. The molecule has 5 nitrogen and oxygen atoms in total. The Balaban J connectivity index is 2.36. The second-order valence-electron chi connectivity index (χ2n) is 3.72. The second kappa shape index (κ2) is 3.10. The highest BCUT2D eigenvalue weighted by atomic mass is 16.1. The van der Waals surface area contributed by atoms with Gasteiger partial charge < -0.3 is 9.55 Å². The van der Waals surface area contributed by atoms with Gasteiger partial charge in [-0.2, -0.15) is 5.10 Å². The first-order valence-corrected chi connectivity index (χ1v) is 4.93. The molecule has 0 atom stereocenters. The molecule has 0 fully saturated rings. The Kier molecular flexibility index (Phi) is 1.73. The van der Waals surface area contributed by atoms with Crippen LogP contribution in [0.1, 0.15) is 0 Å². The van der Waals surface area contributed by atoms with Crippen molar-refractivity contribution in [2.45, 2.75) is 0 Å². The normalized spacial score (nSPS) is 11.1. The van der Waals surface area contributed by atoms with Crippen molar-refractivity contribution in [2.75, 3.05) is 0 Å². The molecule has 0 aliphatic rings. The third-order valence-electron chi connectivity index (χ3n) is 2.70. The van der Waals surface area contributed by atoms with Crippen LogP contribution in [0.25, 0.3) is 22.2 Å². The topological polar surface area (TPSA) is 66.5 Å². The smallest absolute Gasteiger partial charge is 0.257 e. The Morgan fingerprint density at radius 2 is 2.31 bits per heavy atom. The Bertz CT molecular complexity index is 690. The van der Waals surface area contributed by atoms with Gasteiger partial charge in [0.15, 0.2) is 0 Å². The molecule has 3 heterocycles. The highest BCUT2D eigenvalue weighted by Gasteiger charge is 2.06. The molecule has 0 aliphatic heterocycles. The van der Waals surface area contributed by atoms with Gasteiger partial charge in [0.25, 0.3) is 5.56 Å². The summed E-state index contributed by atoms with van der Waals surface area (Å²) < 4.78 is 1.92. The minimum absolute atomic E-state index is 0.0747. The molecule has 5 heteroatoms. The standard InChI is InChI=1S/C11H10N4O/c1-15-3-2-8-10(15)4-9(14-11(8)16)7-5-12-13-6-7/h2-6H,1H3,(H,12,13)(H,14,16). The molecule has 0 aliphatic carbocycles. The number of rotatable bonds is 1. The number of H-pyrrole nitrogens is 2. The summed E-state index contributed by atoms with van der Waals surface area (Å²) in [6, 6.07) is 3.76. The van der Waals surface area contributed by atoms with Gasteiger partial charge in [-0.05, 0) is 12.1 Å². The van der Waals surface area contributed by atoms with Gasteiger partial charge in [-0.25, -0.2) is 0 Å². The lowest BCUT2D eigenvalue weighted by molar-refractivity contribution is 0.968. The third kappa shape index (κ3) is 1.18. The first-order chi connectivity index (χ1) is 7.75. The van der Waals surface area contributed by atoms with Crippen LogP contribution in [0.2, 0.25) is 0 Å². The van der Waals surface area contributed by atoms with Crippen LogP contribution >= 0.6 is 0 Å². The first-order valence-electron chi connectivity index (χ1n) is 4.93. The highest BCUT2D eigenvalue weighted by molar-refractivity contribution is 5.82. The van der Waals surface area contributed by atoms with E-state index in [9.17, 15) is 4.79 Å². The van der Waals surface area contributed by atoms with Crippen molar-refractivity contribution in [3.05, 3.63) is 41.1 Å². The molecule has 3 aromatic rings. The average Bonchev–Trinajstić information content (AvgIpc) is 2.88. The minimum Gasteiger partial charge on any atom is -0.350 e. The van der Waals surface area contributed by atoms with Crippen LogP contribution in [0.3, 0.4) is 0 Å². The van der Waals surface area contributed by atoms with Crippen molar-refractivity contribution < 1.29 is 0 Å². The largest absolute Gasteiger partial charge is 0.350 e. The van der Waals surface area contributed by atoms with Crippen LogP contribution in [-0.4, -0.2) is 19.7 Å². The fraction of sp³-hybridized carbons (Fsp3) is 0.0909. The van der Waals surface area contributed by atoms with Crippen LogP contribution in [0, 0.1) is 0 Å². The van der Waals surface area contributed by atoms with E-state index in [4.69, 9.17) is 0 Å². The van der Waals surface area contributed by atoms with Crippen molar-refractivity contribution in [1.82, 2.24) is 19.7 Å². The molecule has 0 saturated carbocycles. The SMILES string of the molecule is Cn1ccc2c(=O)[nH]c(-c3cn[nH]c3)cc21. The summed E-state index contributed by atoms with van der Waals surface area (Å²) in [7, 11) is 1.92. The van der Waals surface area contributed by atoms with E-state index in [1.54, 1.807) is 12.4 Å². The number of aryl methyl sites for hydroxylation is 1. The zero-order valence-electron chi connectivity index (χ0n) is 8.69. The second-order valence-corrected chi connectivity index (χ2v) is 3.72. The summed E-state index contributed by atoms with van der Waals surface area (Å²) in [5.74, 6) is 0. The Morgan fingerprint density at radius 3 is 3.06 bits per heavy atom. The zero-order valence-corrected chi connectivity index (χ0v) is 8.69. The molecule has 0 spiro atoms. The Morgan fingerprint density at radius 1 is 1.44 bits per heavy atom. The van der Waals surface area contributed by atoms with Gasteiger partial charge in [-0.3, -0.25) is 9.89 Å². The number of fused-ring (bicyclic) bond motifs is 1. The van der Waals surface area contributed by atoms with Crippen molar-refractivity contribution in [2.24, 2.45) is 7.05 Å². The Hall–Kier alpha value is -2.30. The number of nitrogens with one attached hydrogen (secondary N) is 2. The molecule has 0 amide bonds. The molecule has 3 rings (SSSR count). The van der Waals surface area contributed by atoms with Crippen molar-refractivity contribution in [3.8, 4) is 11.3 Å². The lowest BCUT2D eigenvalue weighted by Gasteiger charge is -2.00. The fourth-order valence-corrected chi connectivity index (χ4v) is 1.83. The van der Waals surface area contributed by atoms with E-state index in [0.717, 1.165) is 16.8 Å². The van der Waals surface area contributed by atoms with Crippen LogP contribution in [-0.2, 0) is 7.05 Å². The fourth-order valence-electron chi connectivity index (χ4n) is 1.83. The molecule has 3 aromatic heterocycles. The molecule has 80 valence electrons. The lowest BCUT2D eigenvalue weighted by Crippen LogP contribution is -2.06. The number of aromatic nitrogens is 4. The van der Waals surface area contributed by atoms with E-state index in [2.05, 4.69) is 15.2 Å². The molecule has 0 bridgehead atoms. The summed E-state index contributed by atoms with van der Waals surface area (Å²) in [5, 5.41) is 7.29. The van der Waals surface area contributed by atoms with E-state index in [-0.39, 0.29) is 5.56 Å². The zero-order chi connectivity index (χ0) is 11.1. The van der Waals surface area contributed by atoms with Crippen molar-refractivity contribution >= 4 is 10.9 Å². The van der Waals surface area contributed by atoms with Gasteiger partial charge in [0.2, 0.25) is 0 Å². The molecular weight excluding hydrogens is 204 g/mol. The molecule has 0 radical (unpaired) electrons. The first kappa shape index (κ1) is 8.96. The van der Waals surface area contributed by atoms with E-state index in [0.29, 0.717) is 5.39 Å². The number of aromatic amines is 2. The van der Waals surface area contributed by atoms with Crippen LogP contribution in [0.15, 0.2) is 35.5 Å². The third-order valence-corrected chi connectivity index (χ3v) is 2.70. The van der Waals surface area contributed by atoms with Gasteiger partial charge >= 0.3 is 0 Å². The lowest BCUT2D eigenvalue weighted by atomic mass is 10.2. The summed E-state index contributed by atoms with van der Waals surface area (Å²) in [6.45, 7) is 0. The minimum atomic E-state index is -0.0747. The molecule has 16 heavy (non-hydrogen) atoms. The number of nitrogens with zero attached hydrogens (tertiary/aromatic N) is 2. The Labute approximate surface area is 90.7 Å². The highest BCUT2D eigenvalue weighted by Crippen LogP contribution is 2.18. The summed E-state index contributed by atoms with van der Waals surface area (Å²) in [5.41, 5.74) is 2.49. The maximum Gasteiger partial charge on any atom is 0.257 e. The van der Waals surface area contributed by atoms with Gasteiger partial charge in [0.05, 0.1) is 22.8 Å². The van der Waals surface area contributed by atoms with Gasteiger partial charge in [0.1, 0.15) is 0 Å². The van der Waals surface area contributed by atoms with E-state index in [1.165, 1.54) is 0 Å². The predicted molar refractivity (Wildman–Crippen MR) is 61.1 cm³/mol. The van der Waals surface area contributed by atoms with E-state index < -0.39 is 0 Å². The van der Waals surface area contributed by atoms with E-state index in [1.807, 2.05) is 29.9 Å². The molecule has 0 saturated heterocycles. The molecule has 2 N–H and O–H groups in total. The van der Waals surface area contributed by atoms with Crippen molar-refractivity contribution in [1.29, 1.82) is 0 Å². The molecule has 0 aromatic carbocycles. The summed E-state index contributed by atoms with van der Waals surface area (Å²) >= 11 is 0. The van der Waals surface area contributed by atoms with Crippen LogP contribution in [0.5, 0.6) is 0 Å². The van der Waals surface area contributed by atoms with Crippen molar-refractivity contribution in [3.63, 3.8) is 0 Å². The summed E-state index contributed by atoms with van der Waals surface area (Å²) in [4.78, 5) is 14.6. The average molecular weight is 214 g/mol. The van der Waals surface area contributed by atoms with Gasteiger partial charge in [-0.1, -0.05) is 0 Å².